The zero-order chi connectivity index (χ0) is 11.1. The van der Waals surface area contributed by atoms with Gasteiger partial charge >= 0.3 is 0 Å². The van der Waals surface area contributed by atoms with Crippen molar-refractivity contribution < 1.29 is 4.79 Å². The summed E-state index contributed by atoms with van der Waals surface area (Å²) in [5.41, 5.74) is 2.38. The van der Waals surface area contributed by atoms with Crippen molar-refractivity contribution >= 4 is 11.6 Å². The minimum absolute atomic E-state index is 0.133. The Morgan fingerprint density at radius 2 is 1.93 bits per heavy atom. The van der Waals surface area contributed by atoms with E-state index in [1.807, 2.05) is 18.2 Å². The van der Waals surface area contributed by atoms with Crippen molar-refractivity contribution in [3.8, 4) is 0 Å². The van der Waals surface area contributed by atoms with Crippen LogP contribution in [0.15, 0.2) is 24.3 Å². The lowest BCUT2D eigenvalue weighted by molar-refractivity contribution is -0.117. The Kier molecular flexibility index (Phi) is 2.29. The van der Waals surface area contributed by atoms with Gasteiger partial charge in [0.05, 0.1) is 0 Å². The largest absolute Gasteiger partial charge is 0.326 e. The molecule has 1 amide bonds. The fourth-order valence-electron chi connectivity index (χ4n) is 2.18. The molecule has 0 aliphatic carbocycles. The lowest BCUT2D eigenvalue weighted by Gasteiger charge is -2.35. The minimum atomic E-state index is 0.133. The predicted molar refractivity (Wildman–Crippen MR) is 61.9 cm³/mol. The van der Waals surface area contributed by atoms with E-state index in [4.69, 9.17) is 0 Å². The van der Waals surface area contributed by atoms with Gasteiger partial charge in [-0.2, -0.15) is 0 Å². The number of benzene rings is 1. The van der Waals surface area contributed by atoms with Gasteiger partial charge in [0.1, 0.15) is 0 Å². The Labute approximate surface area is 90.7 Å². The molecule has 0 saturated heterocycles. The van der Waals surface area contributed by atoms with Crippen LogP contribution in [0.2, 0.25) is 0 Å². The van der Waals surface area contributed by atoms with Gasteiger partial charge in [0.15, 0.2) is 0 Å². The van der Waals surface area contributed by atoms with Gasteiger partial charge in [0.2, 0.25) is 5.91 Å². The maximum atomic E-state index is 11.6. The lowest BCUT2D eigenvalue weighted by Crippen LogP contribution is -2.29. The number of nitrogens with one attached hydrogen (secondary N) is 1. The SMILES string of the molecule is CC(C)(C)C1CC(=O)Nc2ccccc21. The molecule has 1 unspecified atom stereocenters. The van der Waals surface area contributed by atoms with Crippen LogP contribution in [0.25, 0.3) is 0 Å². The predicted octanol–water partition coefficient (Wildman–Crippen LogP) is 3.16. The highest BCUT2D eigenvalue weighted by atomic mass is 16.1. The molecule has 2 rings (SSSR count). The molecule has 15 heavy (non-hydrogen) atoms. The Morgan fingerprint density at radius 1 is 1.27 bits per heavy atom. The molecule has 0 spiro atoms. The first-order valence-electron chi connectivity index (χ1n) is 5.37. The molecule has 0 saturated carbocycles. The van der Waals surface area contributed by atoms with Gasteiger partial charge < -0.3 is 5.32 Å². The second kappa shape index (κ2) is 3.37. The van der Waals surface area contributed by atoms with Crippen molar-refractivity contribution in [2.45, 2.75) is 33.1 Å². The highest BCUT2D eigenvalue weighted by molar-refractivity contribution is 5.94. The molecule has 1 aliphatic heterocycles. The summed E-state index contributed by atoms with van der Waals surface area (Å²) in [5.74, 6) is 0.455. The summed E-state index contributed by atoms with van der Waals surface area (Å²) in [6.45, 7) is 6.56. The number of anilines is 1. The zero-order valence-electron chi connectivity index (χ0n) is 9.50. The first-order valence-corrected chi connectivity index (χ1v) is 5.37. The minimum Gasteiger partial charge on any atom is -0.326 e. The third-order valence-electron chi connectivity index (χ3n) is 3.05. The van der Waals surface area contributed by atoms with Crippen LogP contribution in [0.4, 0.5) is 5.69 Å². The van der Waals surface area contributed by atoms with Crippen LogP contribution in [-0.2, 0) is 4.79 Å². The number of amides is 1. The van der Waals surface area contributed by atoms with Crippen LogP contribution < -0.4 is 5.32 Å². The first kappa shape index (κ1) is 10.2. The van der Waals surface area contributed by atoms with Crippen molar-refractivity contribution in [2.75, 3.05) is 5.32 Å². The summed E-state index contributed by atoms with van der Waals surface area (Å²) < 4.78 is 0. The summed E-state index contributed by atoms with van der Waals surface area (Å²) in [7, 11) is 0. The average molecular weight is 203 g/mol. The van der Waals surface area contributed by atoms with Crippen LogP contribution in [0, 0.1) is 5.41 Å². The van der Waals surface area contributed by atoms with Crippen molar-refractivity contribution in [1.82, 2.24) is 0 Å². The van der Waals surface area contributed by atoms with Gasteiger partial charge in [-0.1, -0.05) is 39.0 Å². The van der Waals surface area contributed by atoms with Gasteiger partial charge in [-0.25, -0.2) is 0 Å². The van der Waals surface area contributed by atoms with Crippen molar-refractivity contribution in [3.63, 3.8) is 0 Å². The molecule has 1 aromatic carbocycles. The quantitative estimate of drug-likeness (QED) is 0.689. The van der Waals surface area contributed by atoms with E-state index in [1.54, 1.807) is 0 Å². The molecule has 0 radical (unpaired) electrons. The Hall–Kier alpha value is -1.31. The molecule has 1 aliphatic rings. The molecule has 1 atom stereocenters. The van der Waals surface area contributed by atoms with E-state index in [0.29, 0.717) is 12.3 Å². The third-order valence-corrected chi connectivity index (χ3v) is 3.05. The summed E-state index contributed by atoms with van der Waals surface area (Å²) in [6.07, 6.45) is 0.598. The number of rotatable bonds is 0. The third kappa shape index (κ3) is 1.89. The van der Waals surface area contributed by atoms with E-state index in [1.165, 1.54) is 5.56 Å². The topological polar surface area (TPSA) is 29.1 Å². The second-order valence-electron chi connectivity index (χ2n) is 5.26. The highest BCUT2D eigenvalue weighted by Crippen LogP contribution is 2.43. The number of fused-ring (bicyclic) bond motifs is 1. The first-order chi connectivity index (χ1) is 6.98. The van der Waals surface area contributed by atoms with E-state index < -0.39 is 0 Å². The van der Waals surface area contributed by atoms with Gasteiger partial charge in [-0.15, -0.1) is 0 Å². The van der Waals surface area contributed by atoms with E-state index in [2.05, 4.69) is 32.2 Å². The van der Waals surface area contributed by atoms with E-state index in [-0.39, 0.29) is 11.3 Å². The van der Waals surface area contributed by atoms with E-state index in [0.717, 1.165) is 5.69 Å². The maximum Gasteiger partial charge on any atom is 0.225 e. The van der Waals surface area contributed by atoms with Crippen molar-refractivity contribution in [1.29, 1.82) is 0 Å². The molecule has 1 N–H and O–H groups in total. The van der Waals surface area contributed by atoms with Gasteiger partial charge in [0, 0.05) is 12.1 Å². The van der Waals surface area contributed by atoms with Crippen LogP contribution in [0.5, 0.6) is 0 Å². The van der Waals surface area contributed by atoms with Crippen LogP contribution in [0.1, 0.15) is 38.7 Å². The Bertz CT molecular complexity index is 390. The highest BCUT2D eigenvalue weighted by Gasteiger charge is 2.33. The van der Waals surface area contributed by atoms with Crippen LogP contribution in [0.3, 0.4) is 0 Å². The van der Waals surface area contributed by atoms with Gasteiger partial charge in [-0.3, -0.25) is 4.79 Å². The number of carbonyl (C=O) groups excluding carboxylic acids is 1. The number of hydrogen-bond donors (Lipinski definition) is 1. The normalized spacial score (nSPS) is 20.7. The lowest BCUT2D eigenvalue weighted by atomic mass is 9.72. The summed E-state index contributed by atoms with van der Waals surface area (Å²) >= 11 is 0. The Morgan fingerprint density at radius 3 is 2.60 bits per heavy atom. The molecule has 0 fully saturated rings. The zero-order valence-corrected chi connectivity index (χ0v) is 9.50. The van der Waals surface area contributed by atoms with Gasteiger partial charge in [-0.05, 0) is 23.0 Å². The standard InChI is InChI=1S/C13H17NO/c1-13(2,3)10-8-12(15)14-11-7-5-4-6-9(10)11/h4-7,10H,8H2,1-3H3,(H,14,15). The smallest absolute Gasteiger partial charge is 0.225 e. The fraction of sp³-hybridized carbons (Fsp3) is 0.462. The molecule has 2 heteroatoms. The number of hydrogen-bond acceptors (Lipinski definition) is 1. The molecule has 1 aromatic rings. The molecule has 1 heterocycles. The number of para-hydroxylation sites is 1. The number of carbonyl (C=O) groups is 1. The van der Waals surface area contributed by atoms with E-state index >= 15 is 0 Å². The molecular weight excluding hydrogens is 186 g/mol. The molecule has 2 nitrogen and oxygen atoms in total. The average Bonchev–Trinajstić information content (AvgIpc) is 2.15. The van der Waals surface area contributed by atoms with Crippen LogP contribution >= 0.6 is 0 Å². The summed E-state index contributed by atoms with van der Waals surface area (Å²) in [5, 5.41) is 2.92. The van der Waals surface area contributed by atoms with Gasteiger partial charge in [0.25, 0.3) is 0 Å². The van der Waals surface area contributed by atoms with Crippen molar-refractivity contribution in [3.05, 3.63) is 29.8 Å². The monoisotopic (exact) mass is 203 g/mol. The molecule has 0 bridgehead atoms. The summed E-state index contributed by atoms with van der Waals surface area (Å²) in [4.78, 5) is 11.6. The molecular formula is C13H17NO. The fourth-order valence-corrected chi connectivity index (χ4v) is 2.18. The molecule has 80 valence electrons. The van der Waals surface area contributed by atoms with E-state index in [9.17, 15) is 4.79 Å². The Balaban J connectivity index is 2.47. The molecule has 0 aromatic heterocycles. The van der Waals surface area contributed by atoms with Crippen molar-refractivity contribution in [2.24, 2.45) is 5.41 Å². The second-order valence-corrected chi connectivity index (χ2v) is 5.26. The van der Waals surface area contributed by atoms with Crippen LogP contribution in [-0.4, -0.2) is 5.91 Å². The summed E-state index contributed by atoms with van der Waals surface area (Å²) in [6, 6.07) is 8.09. The maximum absolute atomic E-state index is 11.6.